The Bertz CT molecular complexity index is 296. The minimum Gasteiger partial charge on any atom is -0.388 e. The lowest BCUT2D eigenvalue weighted by atomic mass is 9.98. The standard InChI is InChI=1S/C10H17NOS/c1-6-8(7(2)12)13-9(11-6)10(3,4)5/h7,12H,1-5H3/t7-/m1/s1. The molecule has 1 heterocycles. The molecule has 2 nitrogen and oxygen atoms in total. The van der Waals surface area contributed by atoms with Gasteiger partial charge >= 0.3 is 0 Å². The molecule has 3 heteroatoms. The van der Waals surface area contributed by atoms with Crippen molar-refractivity contribution >= 4 is 11.3 Å². The van der Waals surface area contributed by atoms with E-state index in [1.807, 2.05) is 6.92 Å². The van der Waals surface area contributed by atoms with Crippen LogP contribution in [0.15, 0.2) is 0 Å². The zero-order valence-corrected chi connectivity index (χ0v) is 9.70. The molecule has 1 aromatic heterocycles. The van der Waals surface area contributed by atoms with Crippen molar-refractivity contribution in [3.63, 3.8) is 0 Å². The number of aryl methyl sites for hydroxylation is 1. The lowest BCUT2D eigenvalue weighted by molar-refractivity contribution is 0.202. The number of aliphatic hydroxyl groups is 1. The lowest BCUT2D eigenvalue weighted by Crippen LogP contribution is -2.10. The van der Waals surface area contributed by atoms with Gasteiger partial charge < -0.3 is 5.11 Å². The third-order valence-electron chi connectivity index (χ3n) is 1.85. The van der Waals surface area contributed by atoms with Crippen LogP contribution < -0.4 is 0 Å². The van der Waals surface area contributed by atoms with Gasteiger partial charge in [-0.25, -0.2) is 4.98 Å². The van der Waals surface area contributed by atoms with Crippen molar-refractivity contribution in [1.29, 1.82) is 0 Å². The Hall–Kier alpha value is -0.410. The maximum Gasteiger partial charge on any atom is 0.0985 e. The van der Waals surface area contributed by atoms with Crippen molar-refractivity contribution in [2.75, 3.05) is 0 Å². The van der Waals surface area contributed by atoms with Crippen LogP contribution in [0, 0.1) is 6.92 Å². The SMILES string of the molecule is Cc1nc(C(C)(C)C)sc1[C@@H](C)O. The summed E-state index contributed by atoms with van der Waals surface area (Å²) >= 11 is 1.61. The van der Waals surface area contributed by atoms with Gasteiger partial charge in [-0.15, -0.1) is 11.3 Å². The molecule has 74 valence electrons. The van der Waals surface area contributed by atoms with E-state index in [4.69, 9.17) is 0 Å². The molecule has 0 saturated heterocycles. The van der Waals surface area contributed by atoms with E-state index < -0.39 is 6.10 Å². The number of nitrogens with zero attached hydrogens (tertiary/aromatic N) is 1. The summed E-state index contributed by atoms with van der Waals surface area (Å²) in [5, 5.41) is 10.6. The molecule has 0 amide bonds. The quantitative estimate of drug-likeness (QED) is 0.754. The van der Waals surface area contributed by atoms with Gasteiger partial charge in [0.1, 0.15) is 0 Å². The van der Waals surface area contributed by atoms with Crippen LogP contribution in [0.1, 0.15) is 49.4 Å². The van der Waals surface area contributed by atoms with Gasteiger partial charge in [0.2, 0.25) is 0 Å². The van der Waals surface area contributed by atoms with E-state index >= 15 is 0 Å². The smallest absolute Gasteiger partial charge is 0.0985 e. The summed E-state index contributed by atoms with van der Waals surface area (Å²) in [6.07, 6.45) is -0.395. The van der Waals surface area contributed by atoms with E-state index in [0.29, 0.717) is 0 Å². The van der Waals surface area contributed by atoms with E-state index in [1.165, 1.54) is 0 Å². The van der Waals surface area contributed by atoms with Gasteiger partial charge in [0.05, 0.1) is 21.7 Å². The first kappa shape index (κ1) is 10.7. The zero-order chi connectivity index (χ0) is 10.2. The summed E-state index contributed by atoms with van der Waals surface area (Å²) in [5.41, 5.74) is 1.05. The summed E-state index contributed by atoms with van der Waals surface area (Å²) in [7, 11) is 0. The molecule has 0 aliphatic carbocycles. The highest BCUT2D eigenvalue weighted by Gasteiger charge is 2.21. The normalized spacial score (nSPS) is 14.6. The monoisotopic (exact) mass is 199 g/mol. The molecule has 1 N–H and O–H groups in total. The number of aliphatic hydroxyl groups excluding tert-OH is 1. The van der Waals surface area contributed by atoms with E-state index in [-0.39, 0.29) is 5.41 Å². The average Bonchev–Trinajstić information content (AvgIpc) is 2.29. The molecule has 0 bridgehead atoms. The molecular formula is C10H17NOS. The summed E-state index contributed by atoms with van der Waals surface area (Å²) in [6.45, 7) is 10.1. The molecule has 0 radical (unpaired) electrons. The van der Waals surface area contributed by atoms with E-state index in [9.17, 15) is 5.11 Å². The molecule has 0 saturated carbocycles. The van der Waals surface area contributed by atoms with Crippen LogP contribution in [0.2, 0.25) is 0 Å². The molecule has 1 aromatic rings. The first-order valence-electron chi connectivity index (χ1n) is 4.48. The first-order valence-corrected chi connectivity index (χ1v) is 5.30. The lowest BCUT2D eigenvalue weighted by Gasteiger charge is -2.13. The largest absolute Gasteiger partial charge is 0.388 e. The number of rotatable bonds is 1. The van der Waals surface area contributed by atoms with Crippen LogP contribution in [-0.2, 0) is 5.41 Å². The topological polar surface area (TPSA) is 33.1 Å². The summed E-state index contributed by atoms with van der Waals surface area (Å²) < 4.78 is 0. The van der Waals surface area contributed by atoms with Crippen molar-refractivity contribution in [2.45, 2.75) is 46.1 Å². The van der Waals surface area contributed by atoms with Gasteiger partial charge in [-0.2, -0.15) is 0 Å². The Morgan fingerprint density at radius 3 is 2.15 bits per heavy atom. The van der Waals surface area contributed by atoms with Gasteiger partial charge in [-0.05, 0) is 13.8 Å². The van der Waals surface area contributed by atoms with Crippen molar-refractivity contribution < 1.29 is 5.11 Å². The molecule has 1 rings (SSSR count). The molecule has 0 spiro atoms. The molecule has 0 aliphatic heterocycles. The predicted molar refractivity (Wildman–Crippen MR) is 56.2 cm³/mol. The molecule has 0 aliphatic rings. The maximum atomic E-state index is 9.45. The second-order valence-electron chi connectivity index (χ2n) is 4.39. The third-order valence-corrected chi connectivity index (χ3v) is 3.61. The Kier molecular flexibility index (Phi) is 2.78. The fraction of sp³-hybridized carbons (Fsp3) is 0.700. The molecule has 0 aromatic carbocycles. The second-order valence-corrected chi connectivity index (χ2v) is 5.43. The maximum absolute atomic E-state index is 9.45. The fourth-order valence-corrected chi connectivity index (χ4v) is 2.18. The minimum atomic E-state index is -0.395. The van der Waals surface area contributed by atoms with Gasteiger partial charge in [0.25, 0.3) is 0 Å². The van der Waals surface area contributed by atoms with E-state index in [0.717, 1.165) is 15.6 Å². The zero-order valence-electron chi connectivity index (χ0n) is 8.88. The van der Waals surface area contributed by atoms with Gasteiger partial charge in [-0.1, -0.05) is 20.8 Å². The summed E-state index contributed by atoms with van der Waals surface area (Å²) in [5.74, 6) is 0. The molecule has 0 unspecified atom stereocenters. The predicted octanol–water partition coefficient (Wildman–Crippen LogP) is 2.80. The average molecular weight is 199 g/mol. The van der Waals surface area contributed by atoms with Crippen molar-refractivity contribution in [3.05, 3.63) is 15.6 Å². The Morgan fingerprint density at radius 1 is 1.38 bits per heavy atom. The minimum absolute atomic E-state index is 0.0859. The second kappa shape index (κ2) is 3.39. The molecular weight excluding hydrogens is 182 g/mol. The molecule has 13 heavy (non-hydrogen) atoms. The van der Waals surface area contributed by atoms with Crippen LogP contribution in [0.4, 0.5) is 0 Å². The van der Waals surface area contributed by atoms with Crippen molar-refractivity contribution in [2.24, 2.45) is 0 Å². The van der Waals surface area contributed by atoms with Crippen LogP contribution in [0.3, 0.4) is 0 Å². The number of thiazole rings is 1. The molecule has 0 fully saturated rings. The third kappa shape index (κ3) is 2.29. The Morgan fingerprint density at radius 2 is 1.92 bits per heavy atom. The Labute approximate surface area is 83.6 Å². The highest BCUT2D eigenvalue weighted by molar-refractivity contribution is 7.12. The summed E-state index contributed by atoms with van der Waals surface area (Å²) in [6, 6.07) is 0. The Balaban J connectivity index is 3.10. The van der Waals surface area contributed by atoms with Gasteiger partial charge in [0.15, 0.2) is 0 Å². The number of hydrogen-bond donors (Lipinski definition) is 1. The summed E-state index contributed by atoms with van der Waals surface area (Å²) in [4.78, 5) is 5.45. The van der Waals surface area contributed by atoms with Gasteiger partial charge in [0, 0.05) is 5.41 Å². The van der Waals surface area contributed by atoms with E-state index in [1.54, 1.807) is 18.3 Å². The highest BCUT2D eigenvalue weighted by atomic mass is 32.1. The van der Waals surface area contributed by atoms with Crippen LogP contribution in [-0.4, -0.2) is 10.1 Å². The van der Waals surface area contributed by atoms with E-state index in [2.05, 4.69) is 25.8 Å². The van der Waals surface area contributed by atoms with Crippen LogP contribution in [0.25, 0.3) is 0 Å². The van der Waals surface area contributed by atoms with Crippen LogP contribution >= 0.6 is 11.3 Å². The van der Waals surface area contributed by atoms with Crippen LogP contribution in [0.5, 0.6) is 0 Å². The number of aromatic nitrogens is 1. The first-order chi connectivity index (χ1) is 5.82. The fourth-order valence-electron chi connectivity index (χ4n) is 1.12. The van der Waals surface area contributed by atoms with Gasteiger partial charge in [-0.3, -0.25) is 0 Å². The van der Waals surface area contributed by atoms with Crippen molar-refractivity contribution in [1.82, 2.24) is 4.98 Å². The molecule has 1 atom stereocenters. The van der Waals surface area contributed by atoms with Crippen molar-refractivity contribution in [3.8, 4) is 0 Å². The highest BCUT2D eigenvalue weighted by Crippen LogP contribution is 2.32. The number of hydrogen-bond acceptors (Lipinski definition) is 3.